The Morgan fingerprint density at radius 2 is 2.20 bits per heavy atom. The van der Waals surface area contributed by atoms with Gasteiger partial charge in [-0.1, -0.05) is 17.7 Å². The summed E-state index contributed by atoms with van der Waals surface area (Å²) in [6.07, 6.45) is 2.34. The number of nitro groups is 1. The van der Waals surface area contributed by atoms with Gasteiger partial charge in [0.15, 0.2) is 0 Å². The van der Waals surface area contributed by atoms with Gasteiger partial charge in [0.2, 0.25) is 0 Å². The van der Waals surface area contributed by atoms with Crippen LogP contribution in [-0.2, 0) is 13.0 Å². The monoisotopic (exact) mass is 294 g/mol. The van der Waals surface area contributed by atoms with Gasteiger partial charge in [0.05, 0.1) is 21.8 Å². The molecule has 6 heteroatoms. The van der Waals surface area contributed by atoms with Crippen molar-refractivity contribution in [2.24, 2.45) is 0 Å². The second-order valence-electron chi connectivity index (χ2n) is 4.56. The second-order valence-corrected chi connectivity index (χ2v) is 4.97. The molecule has 0 saturated heterocycles. The van der Waals surface area contributed by atoms with E-state index in [2.05, 4.69) is 5.32 Å². The third kappa shape index (κ3) is 3.59. The molecule has 0 aliphatic rings. The van der Waals surface area contributed by atoms with Crippen molar-refractivity contribution in [2.75, 3.05) is 0 Å². The van der Waals surface area contributed by atoms with Crippen molar-refractivity contribution in [1.29, 1.82) is 0 Å². The highest BCUT2D eigenvalue weighted by atomic mass is 35.5. The number of nitrogens with zero attached hydrogens (tertiary/aromatic N) is 1. The van der Waals surface area contributed by atoms with E-state index in [1.54, 1.807) is 18.4 Å². The fraction of sp³-hybridized carbons (Fsp3) is 0.286. The Kier molecular flexibility index (Phi) is 4.76. The van der Waals surface area contributed by atoms with Crippen LogP contribution in [-0.4, -0.2) is 11.0 Å². The molecule has 5 nitrogen and oxygen atoms in total. The maximum absolute atomic E-state index is 11.0. The fourth-order valence-electron chi connectivity index (χ4n) is 1.97. The summed E-state index contributed by atoms with van der Waals surface area (Å²) in [5.41, 5.74) is 0.542. The molecule has 0 saturated carbocycles. The molecule has 0 amide bonds. The third-order valence-electron chi connectivity index (χ3n) is 3.01. The van der Waals surface area contributed by atoms with E-state index in [0.29, 0.717) is 23.6 Å². The Morgan fingerprint density at radius 3 is 2.85 bits per heavy atom. The van der Waals surface area contributed by atoms with Crippen molar-refractivity contribution < 1.29 is 9.34 Å². The Labute approximate surface area is 121 Å². The Hall–Kier alpha value is -1.85. The lowest BCUT2D eigenvalue weighted by Gasteiger charge is -2.13. The second kappa shape index (κ2) is 6.54. The third-order valence-corrected chi connectivity index (χ3v) is 3.36. The quantitative estimate of drug-likeness (QED) is 0.653. The number of nitrogens with one attached hydrogen (secondary N) is 1. The van der Waals surface area contributed by atoms with Gasteiger partial charge in [0.25, 0.3) is 5.69 Å². The van der Waals surface area contributed by atoms with Crippen LogP contribution in [0.2, 0.25) is 5.02 Å². The van der Waals surface area contributed by atoms with Crippen molar-refractivity contribution >= 4 is 17.3 Å². The number of hydrogen-bond donors (Lipinski definition) is 1. The van der Waals surface area contributed by atoms with E-state index >= 15 is 0 Å². The zero-order valence-electron chi connectivity index (χ0n) is 11.0. The summed E-state index contributed by atoms with van der Waals surface area (Å²) in [4.78, 5) is 10.6. The standard InChI is InChI=1S/C14H15ClN2O3/c1-10(8-11-4-3-7-20-11)16-9-12-13(15)5-2-6-14(12)17(18)19/h2-7,10,16H,8-9H2,1H3. The van der Waals surface area contributed by atoms with Crippen LogP contribution in [0.4, 0.5) is 5.69 Å². The zero-order valence-corrected chi connectivity index (χ0v) is 11.8. The molecule has 0 radical (unpaired) electrons. The topological polar surface area (TPSA) is 68.3 Å². The van der Waals surface area contributed by atoms with E-state index in [-0.39, 0.29) is 11.7 Å². The SMILES string of the molecule is CC(Cc1ccco1)NCc1c(Cl)cccc1[N+](=O)[O-]. The molecule has 1 N–H and O–H groups in total. The molecule has 1 atom stereocenters. The zero-order chi connectivity index (χ0) is 14.5. The van der Waals surface area contributed by atoms with Crippen molar-refractivity contribution in [3.05, 3.63) is 63.1 Å². The first-order valence-corrected chi connectivity index (χ1v) is 6.63. The highest BCUT2D eigenvalue weighted by molar-refractivity contribution is 6.31. The van der Waals surface area contributed by atoms with Crippen molar-refractivity contribution in [3.8, 4) is 0 Å². The van der Waals surface area contributed by atoms with Gasteiger partial charge in [-0.05, 0) is 25.1 Å². The lowest BCUT2D eigenvalue weighted by molar-refractivity contribution is -0.385. The highest BCUT2D eigenvalue weighted by Crippen LogP contribution is 2.26. The summed E-state index contributed by atoms with van der Waals surface area (Å²) in [7, 11) is 0. The molecule has 1 unspecified atom stereocenters. The van der Waals surface area contributed by atoms with Crippen molar-refractivity contribution in [1.82, 2.24) is 5.32 Å². The average molecular weight is 295 g/mol. The molecule has 1 aromatic carbocycles. The first-order chi connectivity index (χ1) is 9.58. The van der Waals surface area contributed by atoms with Gasteiger partial charge in [-0.15, -0.1) is 0 Å². The van der Waals surface area contributed by atoms with Gasteiger partial charge in [-0.25, -0.2) is 0 Å². The number of benzene rings is 1. The maximum Gasteiger partial charge on any atom is 0.275 e. The number of furan rings is 1. The molecular formula is C14H15ClN2O3. The van der Waals surface area contributed by atoms with E-state index in [1.165, 1.54) is 6.07 Å². The van der Waals surface area contributed by atoms with E-state index in [4.69, 9.17) is 16.0 Å². The molecule has 0 fully saturated rings. The van der Waals surface area contributed by atoms with Crippen LogP contribution in [0, 0.1) is 10.1 Å². The summed E-state index contributed by atoms with van der Waals surface area (Å²) < 4.78 is 5.27. The van der Waals surface area contributed by atoms with E-state index in [9.17, 15) is 10.1 Å². The van der Waals surface area contributed by atoms with Crippen LogP contribution < -0.4 is 5.32 Å². The molecule has 0 aliphatic heterocycles. The predicted molar refractivity (Wildman–Crippen MR) is 76.8 cm³/mol. The lowest BCUT2D eigenvalue weighted by Crippen LogP contribution is -2.27. The first-order valence-electron chi connectivity index (χ1n) is 6.25. The van der Waals surface area contributed by atoms with Crippen LogP contribution in [0.3, 0.4) is 0 Å². The Morgan fingerprint density at radius 1 is 1.40 bits per heavy atom. The minimum Gasteiger partial charge on any atom is -0.469 e. The normalized spacial score (nSPS) is 12.3. The Balaban J connectivity index is 2.01. The van der Waals surface area contributed by atoms with Gasteiger partial charge < -0.3 is 9.73 Å². The van der Waals surface area contributed by atoms with Crippen molar-refractivity contribution in [2.45, 2.75) is 25.9 Å². The highest BCUT2D eigenvalue weighted by Gasteiger charge is 2.17. The van der Waals surface area contributed by atoms with Crippen molar-refractivity contribution in [3.63, 3.8) is 0 Å². The molecule has 0 bridgehead atoms. The summed E-state index contributed by atoms with van der Waals surface area (Å²) in [6.45, 7) is 2.34. The summed E-state index contributed by atoms with van der Waals surface area (Å²) in [5.74, 6) is 0.874. The molecule has 1 aromatic heterocycles. The summed E-state index contributed by atoms with van der Waals surface area (Å²) in [6, 6.07) is 8.55. The molecule has 2 aromatic rings. The maximum atomic E-state index is 11.0. The van der Waals surface area contributed by atoms with Gasteiger partial charge in [-0.3, -0.25) is 10.1 Å². The molecule has 0 spiro atoms. The van der Waals surface area contributed by atoms with Crippen LogP contribution in [0.25, 0.3) is 0 Å². The number of rotatable bonds is 6. The van der Waals surface area contributed by atoms with E-state index in [1.807, 2.05) is 19.1 Å². The largest absolute Gasteiger partial charge is 0.469 e. The minimum absolute atomic E-state index is 0.0372. The van der Waals surface area contributed by atoms with Crippen LogP contribution in [0.5, 0.6) is 0 Å². The van der Waals surface area contributed by atoms with Crippen LogP contribution in [0.15, 0.2) is 41.0 Å². The average Bonchev–Trinajstić information content (AvgIpc) is 2.89. The van der Waals surface area contributed by atoms with Gasteiger partial charge >= 0.3 is 0 Å². The number of nitro benzene ring substituents is 1. The molecular weight excluding hydrogens is 280 g/mol. The molecule has 106 valence electrons. The number of hydrogen-bond acceptors (Lipinski definition) is 4. The van der Waals surface area contributed by atoms with E-state index in [0.717, 1.165) is 5.76 Å². The van der Waals surface area contributed by atoms with Gasteiger partial charge in [0, 0.05) is 25.1 Å². The van der Waals surface area contributed by atoms with Gasteiger partial charge in [-0.2, -0.15) is 0 Å². The minimum atomic E-state index is -0.417. The first kappa shape index (κ1) is 14.6. The molecule has 0 aliphatic carbocycles. The Bertz CT molecular complexity index is 584. The molecule has 1 heterocycles. The number of halogens is 1. The van der Waals surface area contributed by atoms with Crippen LogP contribution >= 0.6 is 11.6 Å². The predicted octanol–water partition coefficient (Wildman–Crippen LogP) is 3.56. The fourth-order valence-corrected chi connectivity index (χ4v) is 2.21. The van der Waals surface area contributed by atoms with Gasteiger partial charge in [0.1, 0.15) is 5.76 Å². The molecule has 2 rings (SSSR count). The summed E-state index contributed by atoms with van der Waals surface area (Å²) >= 11 is 6.04. The smallest absolute Gasteiger partial charge is 0.275 e. The van der Waals surface area contributed by atoms with E-state index < -0.39 is 4.92 Å². The summed E-state index contributed by atoms with van der Waals surface area (Å²) in [5, 5.41) is 14.6. The molecule has 20 heavy (non-hydrogen) atoms. The lowest BCUT2D eigenvalue weighted by atomic mass is 10.1. The van der Waals surface area contributed by atoms with Crippen LogP contribution in [0.1, 0.15) is 18.2 Å².